The third kappa shape index (κ3) is 4.60. The number of amides is 1. The van der Waals surface area contributed by atoms with Crippen molar-refractivity contribution in [1.29, 1.82) is 0 Å². The molecule has 0 aliphatic heterocycles. The molecule has 0 heterocycles. The molecule has 114 valence electrons. The standard InChI is InChI=1S/C14H18ClN3O3/c1-9-7-11(18(20)21)8-12(15)14(9)16-6-2-3-13(19)17-10-4-5-10/h7-8,10,16H,2-6H2,1H3,(H,17,19). The number of rotatable bonds is 7. The van der Waals surface area contributed by atoms with Gasteiger partial charge in [-0.3, -0.25) is 14.9 Å². The van der Waals surface area contributed by atoms with E-state index in [4.69, 9.17) is 11.6 Å². The highest BCUT2D eigenvalue weighted by molar-refractivity contribution is 6.33. The molecule has 0 atom stereocenters. The summed E-state index contributed by atoms with van der Waals surface area (Å²) >= 11 is 6.05. The number of hydrogen-bond donors (Lipinski definition) is 2. The van der Waals surface area contributed by atoms with Crippen molar-refractivity contribution < 1.29 is 9.72 Å². The maximum absolute atomic E-state index is 11.5. The fraction of sp³-hybridized carbons (Fsp3) is 0.500. The van der Waals surface area contributed by atoms with Crippen molar-refractivity contribution in [3.8, 4) is 0 Å². The topological polar surface area (TPSA) is 84.3 Å². The molecule has 2 rings (SSSR count). The molecule has 1 aliphatic rings. The number of carbonyl (C=O) groups is 1. The van der Waals surface area contributed by atoms with E-state index in [1.807, 2.05) is 0 Å². The van der Waals surface area contributed by atoms with E-state index in [0.29, 0.717) is 36.1 Å². The molecule has 7 heteroatoms. The predicted molar refractivity (Wildman–Crippen MR) is 81.7 cm³/mol. The number of nitrogens with zero attached hydrogens (tertiary/aromatic N) is 1. The van der Waals surface area contributed by atoms with Gasteiger partial charge in [0.1, 0.15) is 0 Å². The fourth-order valence-electron chi connectivity index (χ4n) is 2.05. The Morgan fingerprint density at radius 1 is 1.48 bits per heavy atom. The largest absolute Gasteiger partial charge is 0.384 e. The molecular weight excluding hydrogens is 294 g/mol. The van der Waals surface area contributed by atoms with E-state index in [9.17, 15) is 14.9 Å². The molecule has 1 aromatic rings. The van der Waals surface area contributed by atoms with E-state index in [2.05, 4.69) is 10.6 Å². The van der Waals surface area contributed by atoms with Crippen molar-refractivity contribution >= 4 is 28.9 Å². The molecule has 0 unspecified atom stereocenters. The minimum atomic E-state index is -0.467. The highest BCUT2D eigenvalue weighted by atomic mass is 35.5. The van der Waals surface area contributed by atoms with E-state index >= 15 is 0 Å². The quantitative estimate of drug-likeness (QED) is 0.460. The number of halogens is 1. The maximum atomic E-state index is 11.5. The van der Waals surface area contributed by atoms with Crippen LogP contribution in [-0.2, 0) is 4.79 Å². The van der Waals surface area contributed by atoms with Crippen molar-refractivity contribution in [2.45, 2.75) is 38.6 Å². The van der Waals surface area contributed by atoms with E-state index in [1.54, 1.807) is 6.92 Å². The first-order valence-corrected chi connectivity index (χ1v) is 7.33. The third-order valence-electron chi connectivity index (χ3n) is 3.31. The number of carbonyl (C=O) groups excluding carboxylic acids is 1. The molecule has 0 aromatic heterocycles. The second kappa shape index (κ2) is 6.76. The van der Waals surface area contributed by atoms with Gasteiger partial charge in [-0.05, 0) is 31.7 Å². The summed E-state index contributed by atoms with van der Waals surface area (Å²) in [5.41, 5.74) is 1.38. The molecule has 6 nitrogen and oxygen atoms in total. The third-order valence-corrected chi connectivity index (χ3v) is 3.61. The van der Waals surface area contributed by atoms with Gasteiger partial charge in [0.05, 0.1) is 15.6 Å². The van der Waals surface area contributed by atoms with Gasteiger partial charge in [0.25, 0.3) is 5.69 Å². The van der Waals surface area contributed by atoms with Gasteiger partial charge in [-0.2, -0.15) is 0 Å². The summed E-state index contributed by atoms with van der Waals surface area (Å²) in [6.07, 6.45) is 3.32. The lowest BCUT2D eigenvalue weighted by Crippen LogP contribution is -2.25. The maximum Gasteiger partial charge on any atom is 0.271 e. The van der Waals surface area contributed by atoms with Crippen LogP contribution >= 0.6 is 11.6 Å². The first-order valence-electron chi connectivity index (χ1n) is 6.95. The zero-order chi connectivity index (χ0) is 15.4. The summed E-state index contributed by atoms with van der Waals surface area (Å²) in [6, 6.07) is 3.20. The molecule has 1 fully saturated rings. The van der Waals surface area contributed by atoms with Crippen LogP contribution in [0.15, 0.2) is 12.1 Å². The number of nitrogens with one attached hydrogen (secondary N) is 2. The van der Waals surface area contributed by atoms with E-state index in [-0.39, 0.29) is 11.6 Å². The van der Waals surface area contributed by atoms with Gasteiger partial charge in [-0.15, -0.1) is 0 Å². The van der Waals surface area contributed by atoms with Crippen LogP contribution in [0.1, 0.15) is 31.2 Å². The summed E-state index contributed by atoms with van der Waals surface area (Å²) in [6.45, 7) is 2.36. The molecule has 1 aliphatic carbocycles. The van der Waals surface area contributed by atoms with Crippen LogP contribution in [0.3, 0.4) is 0 Å². The lowest BCUT2D eigenvalue weighted by molar-refractivity contribution is -0.384. The summed E-state index contributed by atoms with van der Waals surface area (Å²) in [5, 5.41) is 17.1. The summed E-state index contributed by atoms with van der Waals surface area (Å²) in [4.78, 5) is 21.8. The number of nitro groups is 1. The van der Waals surface area contributed by atoms with Gasteiger partial charge < -0.3 is 10.6 Å². The zero-order valence-corrected chi connectivity index (χ0v) is 12.6. The Balaban J connectivity index is 1.82. The van der Waals surface area contributed by atoms with Crippen LogP contribution in [0.25, 0.3) is 0 Å². The molecule has 21 heavy (non-hydrogen) atoms. The number of nitro benzene ring substituents is 1. The fourth-order valence-corrected chi connectivity index (χ4v) is 2.37. The van der Waals surface area contributed by atoms with Crippen molar-refractivity contribution in [3.63, 3.8) is 0 Å². The highest BCUT2D eigenvalue weighted by Crippen LogP contribution is 2.30. The normalized spacial score (nSPS) is 13.8. The van der Waals surface area contributed by atoms with Crippen molar-refractivity contribution in [2.24, 2.45) is 0 Å². The van der Waals surface area contributed by atoms with Crippen molar-refractivity contribution in [2.75, 3.05) is 11.9 Å². The Hall–Kier alpha value is -1.82. The predicted octanol–water partition coefficient (Wildman–Crippen LogP) is 3.03. The van der Waals surface area contributed by atoms with E-state index in [0.717, 1.165) is 18.4 Å². The number of anilines is 1. The minimum Gasteiger partial charge on any atom is -0.384 e. The Morgan fingerprint density at radius 2 is 2.19 bits per heavy atom. The van der Waals surface area contributed by atoms with Gasteiger partial charge in [-0.1, -0.05) is 11.6 Å². The zero-order valence-electron chi connectivity index (χ0n) is 11.8. The first kappa shape index (κ1) is 15.6. The SMILES string of the molecule is Cc1cc([N+](=O)[O-])cc(Cl)c1NCCCC(=O)NC1CC1. The van der Waals surface area contributed by atoms with Crippen LogP contribution < -0.4 is 10.6 Å². The summed E-state index contributed by atoms with van der Waals surface area (Å²) < 4.78 is 0. The van der Waals surface area contributed by atoms with Crippen LogP contribution in [-0.4, -0.2) is 23.4 Å². The molecule has 0 radical (unpaired) electrons. The van der Waals surface area contributed by atoms with Gasteiger partial charge >= 0.3 is 0 Å². The lowest BCUT2D eigenvalue weighted by Gasteiger charge is -2.11. The Kier molecular flexibility index (Phi) is 5.01. The molecule has 1 amide bonds. The molecule has 0 bridgehead atoms. The van der Waals surface area contributed by atoms with Crippen molar-refractivity contribution in [3.05, 3.63) is 32.8 Å². The first-order chi connectivity index (χ1) is 9.97. The minimum absolute atomic E-state index is 0.0214. The van der Waals surface area contributed by atoms with Crippen LogP contribution in [0, 0.1) is 17.0 Å². The van der Waals surface area contributed by atoms with Gasteiger partial charge in [0.2, 0.25) is 5.91 Å². The second-order valence-corrected chi connectivity index (χ2v) is 5.66. The van der Waals surface area contributed by atoms with Gasteiger partial charge in [0.15, 0.2) is 0 Å². The van der Waals surface area contributed by atoms with E-state index < -0.39 is 4.92 Å². The van der Waals surface area contributed by atoms with E-state index in [1.165, 1.54) is 12.1 Å². The van der Waals surface area contributed by atoms with Crippen LogP contribution in [0.5, 0.6) is 0 Å². The Morgan fingerprint density at radius 3 is 2.76 bits per heavy atom. The second-order valence-electron chi connectivity index (χ2n) is 5.25. The lowest BCUT2D eigenvalue weighted by atomic mass is 10.1. The Labute approximate surface area is 128 Å². The molecule has 2 N–H and O–H groups in total. The monoisotopic (exact) mass is 311 g/mol. The highest BCUT2D eigenvalue weighted by Gasteiger charge is 2.22. The number of hydrogen-bond acceptors (Lipinski definition) is 4. The molecule has 1 saturated carbocycles. The molecule has 0 saturated heterocycles. The van der Waals surface area contributed by atoms with Gasteiger partial charge in [0, 0.05) is 31.1 Å². The molecule has 1 aromatic carbocycles. The van der Waals surface area contributed by atoms with Crippen LogP contribution in [0.4, 0.5) is 11.4 Å². The number of benzene rings is 1. The summed E-state index contributed by atoms with van der Waals surface area (Å²) in [5.74, 6) is 0.0748. The average molecular weight is 312 g/mol. The van der Waals surface area contributed by atoms with Crippen LogP contribution in [0.2, 0.25) is 5.02 Å². The van der Waals surface area contributed by atoms with Crippen molar-refractivity contribution in [1.82, 2.24) is 5.32 Å². The number of non-ortho nitro benzene ring substituents is 1. The Bertz CT molecular complexity index is 535. The van der Waals surface area contributed by atoms with Gasteiger partial charge in [-0.25, -0.2) is 0 Å². The smallest absolute Gasteiger partial charge is 0.271 e. The number of aryl methyl sites for hydroxylation is 1. The average Bonchev–Trinajstić information content (AvgIpc) is 3.20. The molecular formula is C14H18ClN3O3. The molecule has 0 spiro atoms. The summed E-state index contributed by atoms with van der Waals surface area (Å²) in [7, 11) is 0.